The lowest BCUT2D eigenvalue weighted by atomic mass is 10.2. The zero-order valence-electron chi connectivity index (χ0n) is 18.0. The molecule has 1 heterocycles. The fraction of sp³-hybridized carbons (Fsp3) is 0.364. The van der Waals surface area contributed by atoms with E-state index in [9.17, 15) is 18.0 Å². The average molecular weight is 463 g/mol. The van der Waals surface area contributed by atoms with E-state index in [1.165, 1.54) is 35.5 Å². The van der Waals surface area contributed by atoms with Crippen molar-refractivity contribution in [1.29, 1.82) is 0 Å². The average Bonchev–Trinajstić information content (AvgIpc) is 2.82. The number of ether oxygens (including phenoxy) is 3. The van der Waals surface area contributed by atoms with E-state index in [0.29, 0.717) is 24.6 Å². The smallest absolute Gasteiger partial charge is 0.338 e. The molecule has 0 radical (unpaired) electrons. The number of carbonyl (C=O) groups is 2. The fourth-order valence-electron chi connectivity index (χ4n) is 3.23. The molecular formula is C22H26N2O7S. The van der Waals surface area contributed by atoms with Crippen molar-refractivity contribution >= 4 is 21.9 Å². The first-order valence-electron chi connectivity index (χ1n) is 10.1. The summed E-state index contributed by atoms with van der Waals surface area (Å²) in [5.74, 6) is 0.601. The van der Waals surface area contributed by atoms with Crippen LogP contribution < -0.4 is 9.47 Å². The van der Waals surface area contributed by atoms with Gasteiger partial charge in [-0.15, -0.1) is 0 Å². The van der Waals surface area contributed by atoms with Crippen molar-refractivity contribution < 1.29 is 32.2 Å². The van der Waals surface area contributed by atoms with Crippen molar-refractivity contribution in [2.75, 3.05) is 46.5 Å². The molecule has 9 nitrogen and oxygen atoms in total. The third kappa shape index (κ3) is 5.77. The van der Waals surface area contributed by atoms with Crippen LogP contribution in [0.4, 0.5) is 0 Å². The Balaban J connectivity index is 1.55. The molecule has 0 unspecified atom stereocenters. The number of nitrogens with zero attached hydrogens (tertiary/aromatic N) is 2. The number of benzene rings is 2. The number of carbonyl (C=O) groups excluding carboxylic acids is 2. The fourth-order valence-corrected chi connectivity index (χ4v) is 4.69. The van der Waals surface area contributed by atoms with E-state index in [1.807, 2.05) is 0 Å². The van der Waals surface area contributed by atoms with Crippen molar-refractivity contribution in [2.24, 2.45) is 0 Å². The maximum atomic E-state index is 12.9. The molecule has 2 aromatic carbocycles. The summed E-state index contributed by atoms with van der Waals surface area (Å²) in [4.78, 5) is 25.4. The highest BCUT2D eigenvalue weighted by atomic mass is 32.2. The Morgan fingerprint density at radius 2 is 1.59 bits per heavy atom. The van der Waals surface area contributed by atoms with Gasteiger partial charge in [-0.2, -0.15) is 4.31 Å². The van der Waals surface area contributed by atoms with Crippen molar-refractivity contribution in [2.45, 2.75) is 11.8 Å². The summed E-state index contributed by atoms with van der Waals surface area (Å²) in [5.41, 5.74) is 0.137. The Labute approximate surface area is 187 Å². The van der Waals surface area contributed by atoms with Crippen LogP contribution in [0.5, 0.6) is 11.5 Å². The highest BCUT2D eigenvalue weighted by molar-refractivity contribution is 7.89. The summed E-state index contributed by atoms with van der Waals surface area (Å²) >= 11 is 0. The molecule has 3 rings (SSSR count). The zero-order chi connectivity index (χ0) is 23.1. The van der Waals surface area contributed by atoms with Crippen molar-refractivity contribution in [1.82, 2.24) is 9.21 Å². The Morgan fingerprint density at radius 1 is 0.938 bits per heavy atom. The quantitative estimate of drug-likeness (QED) is 0.435. The summed E-state index contributed by atoms with van der Waals surface area (Å²) in [5, 5.41) is 0. The molecule has 1 fully saturated rings. The van der Waals surface area contributed by atoms with Gasteiger partial charge in [0.15, 0.2) is 0 Å². The van der Waals surface area contributed by atoms with E-state index in [0.717, 1.165) is 0 Å². The first-order valence-corrected chi connectivity index (χ1v) is 11.5. The van der Waals surface area contributed by atoms with Gasteiger partial charge in [-0.05, 0) is 42.5 Å². The molecule has 0 N–H and O–H groups in total. The largest absolute Gasteiger partial charge is 0.497 e. The minimum absolute atomic E-state index is 0.00878. The van der Waals surface area contributed by atoms with Crippen LogP contribution in [0.15, 0.2) is 53.4 Å². The van der Waals surface area contributed by atoms with Gasteiger partial charge < -0.3 is 19.1 Å². The van der Waals surface area contributed by atoms with Gasteiger partial charge in [0.25, 0.3) is 0 Å². The number of piperazine rings is 1. The lowest BCUT2D eigenvalue weighted by molar-refractivity contribution is -0.129. The van der Waals surface area contributed by atoms with Crippen LogP contribution >= 0.6 is 0 Å². The molecule has 0 spiro atoms. The maximum Gasteiger partial charge on any atom is 0.338 e. The third-order valence-electron chi connectivity index (χ3n) is 5.04. The standard InChI is InChI=1S/C22H26N2O7S/c1-17(25)23-10-12-24(13-11-23)32(27,28)21-5-3-4-18(16-21)22(26)31-15-14-30-20-8-6-19(29-2)7-9-20/h3-9,16H,10-15H2,1-2H3. The second kappa shape index (κ2) is 10.5. The van der Waals surface area contributed by atoms with Gasteiger partial charge in [0.2, 0.25) is 15.9 Å². The number of hydrogen-bond donors (Lipinski definition) is 0. The van der Waals surface area contributed by atoms with Gasteiger partial charge in [-0.1, -0.05) is 6.07 Å². The minimum Gasteiger partial charge on any atom is -0.497 e. The molecule has 0 saturated carbocycles. The van der Waals surface area contributed by atoms with E-state index in [1.54, 1.807) is 36.3 Å². The Bertz CT molecular complexity index is 1050. The molecule has 1 aliphatic rings. The molecule has 32 heavy (non-hydrogen) atoms. The van der Waals surface area contributed by atoms with Gasteiger partial charge in [0, 0.05) is 33.1 Å². The van der Waals surface area contributed by atoms with Crippen LogP contribution in [0.1, 0.15) is 17.3 Å². The molecule has 172 valence electrons. The van der Waals surface area contributed by atoms with Crippen molar-refractivity contribution in [3.63, 3.8) is 0 Å². The van der Waals surface area contributed by atoms with E-state index in [-0.39, 0.29) is 42.7 Å². The Hall–Kier alpha value is -3.11. The Morgan fingerprint density at radius 3 is 2.22 bits per heavy atom. The summed E-state index contributed by atoms with van der Waals surface area (Å²) in [7, 11) is -2.21. The molecule has 0 aliphatic carbocycles. The van der Waals surface area contributed by atoms with Gasteiger partial charge >= 0.3 is 5.97 Å². The van der Waals surface area contributed by atoms with E-state index >= 15 is 0 Å². The lowest BCUT2D eigenvalue weighted by Crippen LogP contribution is -2.49. The first-order chi connectivity index (χ1) is 15.3. The SMILES string of the molecule is COc1ccc(OCCOC(=O)c2cccc(S(=O)(=O)N3CCN(C(C)=O)CC3)c2)cc1. The van der Waals surface area contributed by atoms with Crippen LogP contribution in [0.25, 0.3) is 0 Å². The van der Waals surface area contributed by atoms with Gasteiger partial charge in [0.05, 0.1) is 17.6 Å². The van der Waals surface area contributed by atoms with Gasteiger partial charge in [0.1, 0.15) is 24.7 Å². The van der Waals surface area contributed by atoms with E-state index in [2.05, 4.69) is 0 Å². The van der Waals surface area contributed by atoms with E-state index < -0.39 is 16.0 Å². The van der Waals surface area contributed by atoms with Crippen molar-refractivity contribution in [3.05, 3.63) is 54.1 Å². The van der Waals surface area contributed by atoms with Gasteiger partial charge in [-0.25, -0.2) is 13.2 Å². The first kappa shape index (κ1) is 23.6. The molecular weight excluding hydrogens is 436 g/mol. The highest BCUT2D eigenvalue weighted by Crippen LogP contribution is 2.20. The number of rotatable bonds is 8. The molecule has 10 heteroatoms. The van der Waals surface area contributed by atoms with Crippen LogP contribution in [0.2, 0.25) is 0 Å². The summed E-state index contributed by atoms with van der Waals surface area (Å²) in [6.07, 6.45) is 0. The Kier molecular flexibility index (Phi) is 7.70. The van der Waals surface area contributed by atoms with Crippen LogP contribution in [-0.4, -0.2) is 76.0 Å². The lowest BCUT2D eigenvalue weighted by Gasteiger charge is -2.33. The topological polar surface area (TPSA) is 102 Å². The van der Waals surface area contributed by atoms with Crippen LogP contribution in [0, 0.1) is 0 Å². The molecule has 1 saturated heterocycles. The molecule has 1 aliphatic heterocycles. The third-order valence-corrected chi connectivity index (χ3v) is 6.93. The highest BCUT2D eigenvalue weighted by Gasteiger charge is 2.29. The number of hydrogen-bond acceptors (Lipinski definition) is 7. The maximum absolute atomic E-state index is 12.9. The summed E-state index contributed by atoms with van der Waals surface area (Å²) in [6, 6.07) is 12.7. The zero-order valence-corrected chi connectivity index (χ0v) is 18.8. The van der Waals surface area contributed by atoms with Crippen molar-refractivity contribution in [3.8, 4) is 11.5 Å². The molecule has 0 bridgehead atoms. The summed E-state index contributed by atoms with van der Waals surface area (Å²) in [6.45, 7) is 2.71. The van der Waals surface area contributed by atoms with Crippen LogP contribution in [-0.2, 0) is 19.6 Å². The molecule has 2 aromatic rings. The predicted octanol–water partition coefficient (Wildman–Crippen LogP) is 1.78. The minimum atomic E-state index is -3.78. The number of methoxy groups -OCH3 is 1. The molecule has 0 atom stereocenters. The number of sulfonamides is 1. The second-order valence-electron chi connectivity index (χ2n) is 7.10. The molecule has 1 amide bonds. The number of amides is 1. The molecule has 0 aromatic heterocycles. The van der Waals surface area contributed by atoms with Gasteiger partial charge in [-0.3, -0.25) is 4.79 Å². The monoisotopic (exact) mass is 462 g/mol. The predicted molar refractivity (Wildman–Crippen MR) is 116 cm³/mol. The normalized spacial score (nSPS) is 14.6. The van der Waals surface area contributed by atoms with E-state index in [4.69, 9.17) is 14.2 Å². The summed E-state index contributed by atoms with van der Waals surface area (Å²) < 4.78 is 43.0. The second-order valence-corrected chi connectivity index (χ2v) is 9.04. The number of esters is 1. The van der Waals surface area contributed by atoms with Crippen LogP contribution in [0.3, 0.4) is 0 Å².